The SMILES string of the molecule is COc1ccc(/C=C2\SC(=Nc3ccc(N=Nc4ccccc4C)cc3C)NC2=O)c(C(=O)O)c1OC. The number of aryl methyl sites for hydroxylation is 2. The summed E-state index contributed by atoms with van der Waals surface area (Å²) >= 11 is 1.12. The van der Waals surface area contributed by atoms with Crippen LogP contribution in [-0.2, 0) is 4.79 Å². The Balaban J connectivity index is 1.58. The first kappa shape index (κ1) is 25.6. The van der Waals surface area contributed by atoms with Gasteiger partial charge >= 0.3 is 5.97 Å². The minimum absolute atomic E-state index is 0.0805. The van der Waals surface area contributed by atoms with Gasteiger partial charge in [-0.05, 0) is 78.7 Å². The van der Waals surface area contributed by atoms with Crippen molar-refractivity contribution in [3.63, 3.8) is 0 Å². The van der Waals surface area contributed by atoms with Crippen LogP contribution in [0.1, 0.15) is 27.0 Å². The Morgan fingerprint density at radius 1 is 0.973 bits per heavy atom. The molecule has 3 aromatic rings. The summed E-state index contributed by atoms with van der Waals surface area (Å²) in [4.78, 5) is 29.4. The molecule has 2 N–H and O–H groups in total. The Morgan fingerprint density at radius 2 is 1.76 bits per heavy atom. The molecule has 10 heteroatoms. The van der Waals surface area contributed by atoms with Crippen LogP contribution in [0.5, 0.6) is 11.5 Å². The van der Waals surface area contributed by atoms with E-state index in [0.29, 0.717) is 27.0 Å². The molecule has 188 valence electrons. The van der Waals surface area contributed by atoms with Gasteiger partial charge < -0.3 is 19.9 Å². The number of nitrogens with zero attached hydrogens (tertiary/aromatic N) is 3. The number of carbonyl (C=O) groups excluding carboxylic acids is 1. The van der Waals surface area contributed by atoms with Crippen LogP contribution in [0, 0.1) is 13.8 Å². The lowest BCUT2D eigenvalue weighted by atomic mass is 10.0. The molecular formula is C27H24N4O5S. The van der Waals surface area contributed by atoms with Crippen molar-refractivity contribution in [3.8, 4) is 11.5 Å². The number of aliphatic imine (C=N–C) groups is 1. The van der Waals surface area contributed by atoms with Crippen LogP contribution in [0.25, 0.3) is 6.08 Å². The summed E-state index contributed by atoms with van der Waals surface area (Å²) < 4.78 is 10.4. The largest absolute Gasteiger partial charge is 0.493 e. The second kappa shape index (κ2) is 11.1. The fraction of sp³-hybridized carbons (Fsp3) is 0.148. The maximum absolute atomic E-state index is 12.6. The normalized spacial score (nSPS) is 15.4. The Hall–Kier alpha value is -4.44. The highest BCUT2D eigenvalue weighted by Gasteiger charge is 2.26. The highest BCUT2D eigenvalue weighted by molar-refractivity contribution is 8.18. The molecule has 3 aromatic carbocycles. The van der Waals surface area contributed by atoms with Gasteiger partial charge in [-0.2, -0.15) is 10.2 Å². The highest BCUT2D eigenvalue weighted by Crippen LogP contribution is 2.37. The number of aromatic carboxylic acids is 1. The number of nitrogens with one attached hydrogen (secondary N) is 1. The average Bonchev–Trinajstić information content (AvgIpc) is 3.22. The lowest BCUT2D eigenvalue weighted by Crippen LogP contribution is -2.19. The molecule has 0 saturated carbocycles. The van der Waals surface area contributed by atoms with Crippen molar-refractivity contribution in [2.24, 2.45) is 15.2 Å². The molecule has 1 heterocycles. The van der Waals surface area contributed by atoms with E-state index >= 15 is 0 Å². The van der Waals surface area contributed by atoms with E-state index in [-0.39, 0.29) is 23.0 Å². The molecular weight excluding hydrogens is 492 g/mol. The standard InChI is InChI=1S/C27H24N4O5S/c1-15-7-5-6-8-20(15)31-30-18-10-11-19(16(2)13-18)28-27-29-25(32)22(37-27)14-17-9-12-21(35-3)24(36-4)23(17)26(33)34/h5-14H,1-4H3,(H,33,34)(H,28,29,32)/b22-14-,31-30?. The number of benzene rings is 3. The predicted octanol–water partition coefficient (Wildman–Crippen LogP) is 6.33. The van der Waals surface area contributed by atoms with Crippen molar-refractivity contribution in [3.05, 3.63) is 81.8 Å². The molecule has 9 nitrogen and oxygen atoms in total. The maximum atomic E-state index is 12.6. The first-order valence-electron chi connectivity index (χ1n) is 11.2. The zero-order chi connectivity index (χ0) is 26.5. The van der Waals surface area contributed by atoms with Crippen LogP contribution in [0.15, 0.2) is 74.7 Å². The highest BCUT2D eigenvalue weighted by atomic mass is 32.2. The monoisotopic (exact) mass is 516 g/mol. The van der Waals surface area contributed by atoms with Crippen LogP contribution < -0.4 is 14.8 Å². The van der Waals surface area contributed by atoms with Gasteiger partial charge in [0.2, 0.25) is 0 Å². The van der Waals surface area contributed by atoms with Gasteiger partial charge in [0, 0.05) is 0 Å². The van der Waals surface area contributed by atoms with Gasteiger partial charge in [0.05, 0.1) is 36.2 Å². The topological polar surface area (TPSA) is 122 Å². The number of methoxy groups -OCH3 is 2. The number of rotatable bonds is 7. The van der Waals surface area contributed by atoms with Crippen molar-refractivity contribution >= 4 is 51.9 Å². The van der Waals surface area contributed by atoms with Crippen molar-refractivity contribution in [2.45, 2.75) is 13.8 Å². The first-order chi connectivity index (χ1) is 17.8. The minimum Gasteiger partial charge on any atom is -0.493 e. The third kappa shape index (κ3) is 5.70. The van der Waals surface area contributed by atoms with Crippen LogP contribution in [0.3, 0.4) is 0 Å². The summed E-state index contributed by atoms with van der Waals surface area (Å²) in [7, 11) is 2.78. The van der Waals surface area contributed by atoms with Crippen LogP contribution in [0.4, 0.5) is 17.1 Å². The molecule has 0 bridgehead atoms. The summed E-state index contributed by atoms with van der Waals surface area (Å²) in [5, 5.41) is 21.5. The Morgan fingerprint density at radius 3 is 2.43 bits per heavy atom. The number of ether oxygens (including phenoxy) is 2. The lowest BCUT2D eigenvalue weighted by molar-refractivity contribution is -0.115. The van der Waals surface area contributed by atoms with Crippen molar-refractivity contribution < 1.29 is 24.2 Å². The maximum Gasteiger partial charge on any atom is 0.340 e. The van der Waals surface area contributed by atoms with Gasteiger partial charge in [-0.15, -0.1) is 0 Å². The summed E-state index contributed by atoms with van der Waals surface area (Å²) in [6.07, 6.45) is 1.50. The molecule has 1 fully saturated rings. The average molecular weight is 517 g/mol. The number of hydrogen-bond acceptors (Lipinski definition) is 8. The Labute approximate surface area is 217 Å². The fourth-order valence-corrected chi connectivity index (χ4v) is 4.45. The third-order valence-electron chi connectivity index (χ3n) is 5.52. The summed E-state index contributed by atoms with van der Waals surface area (Å²) in [6.45, 7) is 3.87. The van der Waals surface area contributed by atoms with Gasteiger partial charge in [0.15, 0.2) is 16.7 Å². The zero-order valence-electron chi connectivity index (χ0n) is 20.6. The molecule has 0 unspecified atom stereocenters. The molecule has 0 aliphatic carbocycles. The number of carbonyl (C=O) groups is 2. The summed E-state index contributed by atoms with van der Waals surface area (Å²) in [5.74, 6) is -1.21. The Bertz CT molecular complexity index is 1480. The Kier molecular flexibility index (Phi) is 7.69. The van der Waals surface area contributed by atoms with Crippen molar-refractivity contribution in [1.82, 2.24) is 5.32 Å². The lowest BCUT2D eigenvalue weighted by Gasteiger charge is -2.12. The van der Waals surface area contributed by atoms with E-state index in [1.165, 1.54) is 20.3 Å². The number of azo groups is 1. The van der Waals surface area contributed by atoms with E-state index in [9.17, 15) is 14.7 Å². The van der Waals surface area contributed by atoms with E-state index in [4.69, 9.17) is 9.47 Å². The molecule has 37 heavy (non-hydrogen) atoms. The molecule has 0 atom stereocenters. The number of amides is 1. The number of amidine groups is 1. The molecule has 1 amide bonds. The summed E-state index contributed by atoms with van der Waals surface area (Å²) in [5.41, 5.74) is 4.25. The molecule has 0 spiro atoms. The van der Waals surface area contributed by atoms with E-state index in [1.54, 1.807) is 24.3 Å². The fourth-order valence-electron chi connectivity index (χ4n) is 3.63. The molecule has 1 aliphatic heterocycles. The van der Waals surface area contributed by atoms with E-state index in [1.807, 2.05) is 44.2 Å². The smallest absolute Gasteiger partial charge is 0.340 e. The van der Waals surface area contributed by atoms with Gasteiger partial charge in [0.25, 0.3) is 5.91 Å². The van der Waals surface area contributed by atoms with Crippen LogP contribution in [-0.4, -0.2) is 36.4 Å². The molecule has 0 aromatic heterocycles. The number of carboxylic acid groups (broad SMARTS) is 1. The second-order valence-corrected chi connectivity index (χ2v) is 9.04. The van der Waals surface area contributed by atoms with Crippen LogP contribution >= 0.6 is 11.8 Å². The third-order valence-corrected chi connectivity index (χ3v) is 6.43. The van der Waals surface area contributed by atoms with Crippen LogP contribution in [0.2, 0.25) is 0 Å². The predicted molar refractivity (Wildman–Crippen MR) is 144 cm³/mol. The van der Waals surface area contributed by atoms with E-state index in [0.717, 1.165) is 28.6 Å². The first-order valence-corrected chi connectivity index (χ1v) is 12.0. The van der Waals surface area contributed by atoms with Gasteiger partial charge in [-0.25, -0.2) is 9.79 Å². The van der Waals surface area contributed by atoms with Gasteiger partial charge in [0.1, 0.15) is 5.56 Å². The number of hydrogen-bond donors (Lipinski definition) is 2. The number of thioether (sulfide) groups is 1. The molecule has 1 aliphatic rings. The van der Waals surface area contributed by atoms with E-state index < -0.39 is 5.97 Å². The van der Waals surface area contributed by atoms with Crippen molar-refractivity contribution in [1.29, 1.82) is 0 Å². The van der Waals surface area contributed by atoms with Crippen molar-refractivity contribution in [2.75, 3.05) is 14.2 Å². The van der Waals surface area contributed by atoms with Gasteiger partial charge in [-0.3, -0.25) is 4.79 Å². The molecule has 1 saturated heterocycles. The quantitative estimate of drug-likeness (QED) is 0.280. The minimum atomic E-state index is -1.20. The van der Waals surface area contributed by atoms with E-state index in [2.05, 4.69) is 20.5 Å². The number of carboxylic acids is 1. The van der Waals surface area contributed by atoms with Gasteiger partial charge in [-0.1, -0.05) is 24.3 Å². The molecule has 0 radical (unpaired) electrons. The molecule has 4 rings (SSSR count). The zero-order valence-corrected chi connectivity index (χ0v) is 21.4. The second-order valence-electron chi connectivity index (χ2n) is 8.01. The summed E-state index contributed by atoms with van der Waals surface area (Å²) in [6, 6.07) is 16.4.